The molecule has 1 unspecified atom stereocenters. The lowest BCUT2D eigenvalue weighted by Gasteiger charge is -2.16. The number of aromatic nitrogens is 1. The quantitative estimate of drug-likeness (QED) is 0.865. The molecule has 0 radical (unpaired) electrons. The van der Waals surface area contributed by atoms with Crippen molar-refractivity contribution in [1.82, 2.24) is 4.98 Å². The van der Waals surface area contributed by atoms with Crippen LogP contribution in [-0.4, -0.2) is 34.9 Å². The van der Waals surface area contributed by atoms with Crippen molar-refractivity contribution in [3.63, 3.8) is 0 Å². The minimum absolute atomic E-state index is 0.412. The Morgan fingerprint density at radius 3 is 3.00 bits per heavy atom. The third-order valence-corrected chi connectivity index (χ3v) is 3.51. The van der Waals surface area contributed by atoms with Crippen molar-refractivity contribution in [1.29, 1.82) is 0 Å². The van der Waals surface area contributed by atoms with Crippen molar-refractivity contribution >= 4 is 22.6 Å². The maximum absolute atomic E-state index is 11.1. The first-order valence-corrected chi connectivity index (χ1v) is 6.06. The molecule has 2 aromatic rings. The monoisotopic (exact) mass is 258 g/mol. The van der Waals surface area contributed by atoms with Crippen molar-refractivity contribution in [3.8, 4) is 5.75 Å². The molecule has 0 aliphatic carbocycles. The summed E-state index contributed by atoms with van der Waals surface area (Å²) in [6.07, 6.45) is 0.412. The number of aliphatic carboxylic acids is 1. The van der Waals surface area contributed by atoms with Crippen LogP contribution < -0.4 is 4.74 Å². The zero-order valence-corrected chi connectivity index (χ0v) is 10.7. The predicted molar refractivity (Wildman–Crippen MR) is 72.2 cm³/mol. The fourth-order valence-corrected chi connectivity index (χ4v) is 2.55. The molecule has 2 heterocycles. The highest BCUT2D eigenvalue weighted by atomic mass is 16.5. The number of rotatable bonds is 2. The van der Waals surface area contributed by atoms with Gasteiger partial charge in [-0.1, -0.05) is 0 Å². The molecule has 5 heteroatoms. The Kier molecular flexibility index (Phi) is 2.55. The Labute approximate surface area is 109 Å². The molecule has 5 nitrogen and oxygen atoms in total. The van der Waals surface area contributed by atoms with E-state index in [2.05, 4.69) is 9.98 Å². The second-order valence-electron chi connectivity index (χ2n) is 4.66. The molecule has 0 amide bonds. The average molecular weight is 258 g/mol. The number of hydrogen-bond acceptors (Lipinski definition) is 3. The van der Waals surface area contributed by atoms with E-state index in [-0.39, 0.29) is 0 Å². The Bertz CT molecular complexity index is 700. The van der Waals surface area contributed by atoms with Crippen LogP contribution >= 0.6 is 0 Å². The molecular formula is C14H14N2O3. The Balaban J connectivity index is 2.20. The van der Waals surface area contributed by atoms with Crippen LogP contribution in [0.2, 0.25) is 0 Å². The topological polar surface area (TPSA) is 74.7 Å². The molecule has 3 rings (SSSR count). The molecule has 1 aliphatic rings. The van der Waals surface area contributed by atoms with Crippen LogP contribution in [0.5, 0.6) is 5.75 Å². The molecule has 19 heavy (non-hydrogen) atoms. The van der Waals surface area contributed by atoms with Gasteiger partial charge in [-0.2, -0.15) is 0 Å². The van der Waals surface area contributed by atoms with E-state index >= 15 is 0 Å². The number of nitrogens with zero attached hydrogens (tertiary/aromatic N) is 1. The first-order chi connectivity index (χ1) is 9.10. The Morgan fingerprint density at radius 1 is 1.53 bits per heavy atom. The summed E-state index contributed by atoms with van der Waals surface area (Å²) in [5, 5.41) is 10.2. The number of hydrogen-bond donors (Lipinski definition) is 2. The van der Waals surface area contributed by atoms with E-state index in [4.69, 9.17) is 9.84 Å². The van der Waals surface area contributed by atoms with Gasteiger partial charge in [0.2, 0.25) is 0 Å². The number of carbonyl (C=O) groups is 1. The second-order valence-corrected chi connectivity index (χ2v) is 4.66. The van der Waals surface area contributed by atoms with Gasteiger partial charge in [0.05, 0.1) is 18.5 Å². The predicted octanol–water partition coefficient (Wildman–Crippen LogP) is 1.99. The van der Waals surface area contributed by atoms with Crippen molar-refractivity contribution in [2.45, 2.75) is 19.4 Å². The largest absolute Gasteiger partial charge is 0.497 e. The molecule has 1 atom stereocenters. The summed E-state index contributed by atoms with van der Waals surface area (Å²) in [7, 11) is 1.62. The van der Waals surface area contributed by atoms with E-state index in [1.807, 2.05) is 25.1 Å². The Hall–Kier alpha value is -2.30. The van der Waals surface area contributed by atoms with Crippen LogP contribution in [0.4, 0.5) is 0 Å². The summed E-state index contributed by atoms with van der Waals surface area (Å²) >= 11 is 0. The van der Waals surface area contributed by atoms with E-state index in [0.717, 1.165) is 33.6 Å². The maximum Gasteiger partial charge on any atom is 0.328 e. The van der Waals surface area contributed by atoms with Gasteiger partial charge in [0.15, 0.2) is 6.04 Å². The zero-order valence-electron chi connectivity index (χ0n) is 10.7. The third-order valence-electron chi connectivity index (χ3n) is 3.51. The zero-order chi connectivity index (χ0) is 13.6. The van der Waals surface area contributed by atoms with Crippen LogP contribution in [0.3, 0.4) is 0 Å². The molecular weight excluding hydrogens is 244 g/mol. The number of ether oxygens (including phenoxy) is 1. The molecule has 98 valence electrons. The normalized spacial score (nSPS) is 18.0. The van der Waals surface area contributed by atoms with Crippen LogP contribution in [-0.2, 0) is 11.2 Å². The minimum Gasteiger partial charge on any atom is -0.497 e. The maximum atomic E-state index is 11.1. The Morgan fingerprint density at radius 2 is 2.32 bits per heavy atom. The van der Waals surface area contributed by atoms with E-state index in [1.165, 1.54) is 0 Å². The van der Waals surface area contributed by atoms with E-state index in [1.54, 1.807) is 7.11 Å². The molecule has 1 aromatic carbocycles. The van der Waals surface area contributed by atoms with Gasteiger partial charge in [0, 0.05) is 17.3 Å². The van der Waals surface area contributed by atoms with Gasteiger partial charge in [-0.05, 0) is 30.7 Å². The highest BCUT2D eigenvalue weighted by molar-refractivity contribution is 6.06. The molecule has 0 saturated carbocycles. The number of methoxy groups -OCH3 is 1. The first-order valence-electron chi connectivity index (χ1n) is 6.06. The van der Waals surface area contributed by atoms with Gasteiger partial charge in [-0.15, -0.1) is 0 Å². The number of aliphatic imine (C=N–C) groups is 1. The lowest BCUT2D eigenvalue weighted by atomic mass is 9.97. The number of H-pyrrole nitrogens is 1. The average Bonchev–Trinajstić information content (AvgIpc) is 2.77. The van der Waals surface area contributed by atoms with Crippen LogP contribution in [0, 0.1) is 0 Å². The van der Waals surface area contributed by atoms with Gasteiger partial charge < -0.3 is 14.8 Å². The fraction of sp³-hybridized carbons (Fsp3) is 0.286. The van der Waals surface area contributed by atoms with Crippen LogP contribution in [0.1, 0.15) is 18.2 Å². The summed E-state index contributed by atoms with van der Waals surface area (Å²) < 4.78 is 5.22. The number of benzene rings is 1. The SMILES string of the molecule is COc1ccc2[nH]c3c(c2c1)CC(C(=O)O)N=C3C. The molecule has 2 N–H and O–H groups in total. The van der Waals surface area contributed by atoms with Crippen molar-refractivity contribution in [2.75, 3.05) is 7.11 Å². The fourth-order valence-electron chi connectivity index (χ4n) is 2.55. The minimum atomic E-state index is -0.887. The summed E-state index contributed by atoms with van der Waals surface area (Å²) in [6.45, 7) is 1.83. The second kappa shape index (κ2) is 4.12. The van der Waals surface area contributed by atoms with E-state index in [0.29, 0.717) is 6.42 Å². The van der Waals surface area contributed by atoms with E-state index < -0.39 is 12.0 Å². The smallest absolute Gasteiger partial charge is 0.328 e. The van der Waals surface area contributed by atoms with Gasteiger partial charge in [-0.3, -0.25) is 4.99 Å². The molecule has 0 fully saturated rings. The van der Waals surface area contributed by atoms with E-state index in [9.17, 15) is 4.79 Å². The van der Waals surface area contributed by atoms with Gasteiger partial charge in [-0.25, -0.2) is 4.79 Å². The highest BCUT2D eigenvalue weighted by Crippen LogP contribution is 2.30. The molecule has 0 spiro atoms. The summed E-state index contributed by atoms with van der Waals surface area (Å²) in [5.41, 5.74) is 3.66. The summed E-state index contributed by atoms with van der Waals surface area (Å²) in [5.74, 6) is -0.122. The summed E-state index contributed by atoms with van der Waals surface area (Å²) in [6, 6.07) is 5.06. The number of carboxylic acid groups (broad SMARTS) is 1. The van der Waals surface area contributed by atoms with Crippen molar-refractivity contribution in [3.05, 3.63) is 29.5 Å². The van der Waals surface area contributed by atoms with Gasteiger partial charge in [0.1, 0.15) is 5.75 Å². The molecule has 1 aromatic heterocycles. The number of nitrogens with one attached hydrogen (secondary N) is 1. The number of fused-ring (bicyclic) bond motifs is 3. The highest BCUT2D eigenvalue weighted by Gasteiger charge is 2.27. The number of aromatic amines is 1. The van der Waals surface area contributed by atoms with Crippen molar-refractivity contribution < 1.29 is 14.6 Å². The standard InChI is InChI=1S/C14H14N2O3/c1-7-13-10(6-12(15-7)14(17)18)9-5-8(19-2)3-4-11(9)16-13/h3-5,12,16H,6H2,1-2H3,(H,17,18). The molecule has 0 bridgehead atoms. The third kappa shape index (κ3) is 1.78. The van der Waals surface area contributed by atoms with Gasteiger partial charge >= 0.3 is 5.97 Å². The summed E-state index contributed by atoms with van der Waals surface area (Å²) in [4.78, 5) is 18.7. The lowest BCUT2D eigenvalue weighted by molar-refractivity contribution is -0.138. The first kappa shape index (κ1) is 11.8. The van der Waals surface area contributed by atoms with Gasteiger partial charge in [0.25, 0.3) is 0 Å². The van der Waals surface area contributed by atoms with Crippen LogP contribution in [0.25, 0.3) is 10.9 Å². The van der Waals surface area contributed by atoms with Crippen molar-refractivity contribution in [2.24, 2.45) is 4.99 Å². The number of carboxylic acids is 1. The lowest BCUT2D eigenvalue weighted by Crippen LogP contribution is -2.26. The van der Waals surface area contributed by atoms with Crippen LogP contribution in [0.15, 0.2) is 23.2 Å². The molecule has 0 saturated heterocycles. The molecule has 1 aliphatic heterocycles.